The maximum Gasteiger partial charge on any atom is 0.0306 e. The van der Waals surface area contributed by atoms with E-state index in [-0.39, 0.29) is 0 Å². The molecule has 0 aromatic heterocycles. The fourth-order valence-corrected chi connectivity index (χ4v) is 0.927. The number of rotatable bonds is 0. The van der Waals surface area contributed by atoms with Crippen LogP contribution in [0.2, 0.25) is 0 Å². The normalized spacial score (nSPS) is 18.8. The van der Waals surface area contributed by atoms with Crippen molar-refractivity contribution in [2.45, 2.75) is 13.3 Å². The summed E-state index contributed by atoms with van der Waals surface area (Å²) in [4.78, 5) is 0.986. The highest BCUT2D eigenvalue weighted by Gasteiger charge is 1.96. The summed E-state index contributed by atoms with van der Waals surface area (Å²) in [5.41, 5.74) is 7.74. The minimum absolute atomic E-state index is 0.861. The van der Waals surface area contributed by atoms with E-state index in [1.54, 1.807) is 0 Å². The largest absolute Gasteiger partial charge is 0.399 e. The third-order valence-corrected chi connectivity index (χ3v) is 1.88. The number of nitrogens with two attached hydrogens (primary N) is 1. The molecule has 1 rings (SSSR count). The summed E-state index contributed by atoms with van der Waals surface area (Å²) in [6.45, 7) is 2.03. The van der Waals surface area contributed by atoms with Gasteiger partial charge in [0.15, 0.2) is 0 Å². The molecule has 0 unspecified atom stereocenters. The van der Waals surface area contributed by atoms with E-state index >= 15 is 0 Å². The third kappa shape index (κ3) is 1.67. The zero-order valence-corrected chi connectivity index (χ0v) is 6.86. The Kier molecular flexibility index (Phi) is 2.22. The van der Waals surface area contributed by atoms with Crippen LogP contribution in [-0.2, 0) is 0 Å². The van der Waals surface area contributed by atoms with Crippen LogP contribution in [0.5, 0.6) is 0 Å². The van der Waals surface area contributed by atoms with Gasteiger partial charge >= 0.3 is 0 Å². The summed E-state index contributed by atoms with van der Waals surface area (Å²) in [6, 6.07) is 0. The third-order valence-electron chi connectivity index (χ3n) is 1.54. The van der Waals surface area contributed by atoms with Crippen LogP contribution in [0.1, 0.15) is 13.3 Å². The van der Waals surface area contributed by atoms with Crippen molar-refractivity contribution in [3.63, 3.8) is 0 Å². The Morgan fingerprint density at radius 1 is 1.50 bits per heavy atom. The first-order chi connectivity index (χ1) is 4.70. The second kappa shape index (κ2) is 2.97. The summed E-state index contributed by atoms with van der Waals surface area (Å²) < 4.78 is 0. The lowest BCUT2D eigenvalue weighted by molar-refractivity contribution is 1.15. The molecule has 0 radical (unpaired) electrons. The summed E-state index contributed by atoms with van der Waals surface area (Å²) in [7, 11) is 0. The Hall–Kier alpha value is -0.630. The predicted octanol–water partition coefficient (Wildman–Crippen LogP) is 1.99. The fourth-order valence-electron chi connectivity index (χ4n) is 0.761. The van der Waals surface area contributed by atoms with Crippen molar-refractivity contribution in [1.29, 1.82) is 0 Å². The van der Waals surface area contributed by atoms with Gasteiger partial charge in [0.25, 0.3) is 0 Å². The first-order valence-electron chi connectivity index (χ1n) is 3.22. The molecule has 0 spiro atoms. The van der Waals surface area contributed by atoms with Crippen LogP contribution in [-0.4, -0.2) is 0 Å². The minimum atomic E-state index is 0.861. The van der Waals surface area contributed by atoms with E-state index in [2.05, 4.69) is 18.7 Å². The molecule has 54 valence electrons. The van der Waals surface area contributed by atoms with Gasteiger partial charge in [-0.3, -0.25) is 0 Å². The molecule has 0 saturated carbocycles. The molecular weight excluding hydrogens is 142 g/mol. The van der Waals surface area contributed by atoms with Gasteiger partial charge in [0.2, 0.25) is 0 Å². The van der Waals surface area contributed by atoms with Crippen molar-refractivity contribution in [2.75, 3.05) is 0 Å². The van der Waals surface area contributed by atoms with Crippen molar-refractivity contribution in [1.82, 2.24) is 0 Å². The first-order valence-corrected chi connectivity index (χ1v) is 3.67. The van der Waals surface area contributed by atoms with Gasteiger partial charge in [-0.25, -0.2) is 0 Å². The molecule has 1 aliphatic carbocycles. The lowest BCUT2D eigenvalue weighted by Gasteiger charge is -1.96. The molecule has 0 fully saturated rings. The van der Waals surface area contributed by atoms with E-state index in [1.165, 1.54) is 5.57 Å². The van der Waals surface area contributed by atoms with E-state index in [0.29, 0.717) is 0 Å². The average molecular weight is 153 g/mol. The summed E-state index contributed by atoms with van der Waals surface area (Å²) >= 11 is 4.20. The van der Waals surface area contributed by atoms with Crippen molar-refractivity contribution in [3.05, 3.63) is 34.4 Å². The Labute approximate surface area is 66.7 Å². The average Bonchev–Trinajstić information content (AvgIpc) is 2.04. The van der Waals surface area contributed by atoms with Gasteiger partial charge < -0.3 is 5.73 Å². The Bertz CT molecular complexity index is 223. The van der Waals surface area contributed by atoms with Crippen molar-refractivity contribution in [3.8, 4) is 0 Å². The molecule has 0 saturated heterocycles. The topological polar surface area (TPSA) is 26.0 Å². The van der Waals surface area contributed by atoms with Crippen molar-refractivity contribution in [2.24, 2.45) is 5.73 Å². The Balaban J connectivity index is 2.89. The molecule has 1 nitrogen and oxygen atoms in total. The second-order valence-electron chi connectivity index (χ2n) is 2.40. The van der Waals surface area contributed by atoms with Gasteiger partial charge in [-0.1, -0.05) is 6.08 Å². The SMILES string of the molecule is CC1=C(N)C=CC(S)=CC1. The summed E-state index contributed by atoms with van der Waals surface area (Å²) in [5, 5.41) is 0. The number of thiol groups is 1. The van der Waals surface area contributed by atoms with Gasteiger partial charge in [0.05, 0.1) is 0 Å². The molecule has 10 heavy (non-hydrogen) atoms. The highest BCUT2D eigenvalue weighted by molar-refractivity contribution is 7.84. The highest BCUT2D eigenvalue weighted by atomic mass is 32.1. The molecule has 0 atom stereocenters. The Morgan fingerprint density at radius 3 is 2.90 bits per heavy atom. The fraction of sp³-hybridized carbons (Fsp3) is 0.250. The second-order valence-corrected chi connectivity index (χ2v) is 2.92. The number of hydrogen-bond donors (Lipinski definition) is 2. The van der Waals surface area contributed by atoms with E-state index in [4.69, 9.17) is 5.73 Å². The van der Waals surface area contributed by atoms with E-state index in [9.17, 15) is 0 Å². The molecule has 2 N–H and O–H groups in total. The Morgan fingerprint density at radius 2 is 2.20 bits per heavy atom. The number of allylic oxidation sites excluding steroid dienone is 4. The number of hydrogen-bond acceptors (Lipinski definition) is 2. The molecular formula is C8H11NS. The summed E-state index contributed by atoms with van der Waals surface area (Å²) in [6.07, 6.45) is 6.77. The van der Waals surface area contributed by atoms with E-state index in [0.717, 1.165) is 17.0 Å². The van der Waals surface area contributed by atoms with Crippen LogP contribution in [0.4, 0.5) is 0 Å². The highest BCUT2D eigenvalue weighted by Crippen LogP contribution is 2.15. The zero-order valence-electron chi connectivity index (χ0n) is 5.96. The maximum absolute atomic E-state index is 5.67. The van der Waals surface area contributed by atoms with Gasteiger partial charge in [-0.15, -0.1) is 12.6 Å². The van der Waals surface area contributed by atoms with Gasteiger partial charge in [0.1, 0.15) is 0 Å². The van der Waals surface area contributed by atoms with E-state index in [1.807, 2.05) is 19.1 Å². The van der Waals surface area contributed by atoms with Crippen molar-refractivity contribution >= 4 is 12.6 Å². The predicted molar refractivity (Wildman–Crippen MR) is 47.7 cm³/mol. The molecule has 0 aliphatic heterocycles. The molecule has 2 heteroatoms. The van der Waals surface area contributed by atoms with Crippen LogP contribution in [0, 0.1) is 0 Å². The molecule has 0 amide bonds. The van der Waals surface area contributed by atoms with Crippen LogP contribution >= 0.6 is 12.6 Å². The molecule has 0 bridgehead atoms. The van der Waals surface area contributed by atoms with Crippen LogP contribution < -0.4 is 5.73 Å². The molecule has 0 heterocycles. The van der Waals surface area contributed by atoms with Crippen LogP contribution in [0.15, 0.2) is 34.4 Å². The lowest BCUT2D eigenvalue weighted by atomic mass is 10.2. The zero-order chi connectivity index (χ0) is 7.56. The van der Waals surface area contributed by atoms with Gasteiger partial charge in [0, 0.05) is 10.6 Å². The maximum atomic E-state index is 5.67. The summed E-state index contributed by atoms with van der Waals surface area (Å²) in [5.74, 6) is 0. The van der Waals surface area contributed by atoms with Gasteiger partial charge in [-0.05, 0) is 31.1 Å². The first kappa shape index (κ1) is 7.48. The monoisotopic (exact) mass is 153 g/mol. The lowest BCUT2D eigenvalue weighted by Crippen LogP contribution is -1.95. The smallest absolute Gasteiger partial charge is 0.0306 e. The quantitative estimate of drug-likeness (QED) is 0.511. The molecule has 1 aliphatic rings. The minimum Gasteiger partial charge on any atom is -0.399 e. The van der Waals surface area contributed by atoms with Gasteiger partial charge in [-0.2, -0.15) is 0 Å². The molecule has 0 aromatic carbocycles. The van der Waals surface area contributed by atoms with Crippen LogP contribution in [0.3, 0.4) is 0 Å². The van der Waals surface area contributed by atoms with Crippen molar-refractivity contribution < 1.29 is 0 Å². The standard InChI is InChI=1S/C8H11NS/c1-6-2-3-7(10)4-5-8(6)9/h3-5,10H,2,9H2,1H3. The van der Waals surface area contributed by atoms with E-state index < -0.39 is 0 Å². The van der Waals surface area contributed by atoms with Crippen LogP contribution in [0.25, 0.3) is 0 Å². The molecule has 0 aromatic rings.